The molecular weight excluding hydrogens is 353 g/mol. The standard InChI is InChI=1S/C16H9ClFN3O4/c17-12(7-9-1-6-14(22)13(8-9)21(23)24)16-19-15(20-25-16)10-2-4-11(18)5-3-10/h1-8,22H/b12-7-. The Morgan fingerprint density at radius 2 is 2.00 bits per heavy atom. The van der Waals surface area contributed by atoms with Gasteiger partial charge in [-0.2, -0.15) is 4.98 Å². The fourth-order valence-electron chi connectivity index (χ4n) is 2.02. The minimum atomic E-state index is -0.708. The van der Waals surface area contributed by atoms with Gasteiger partial charge in [-0.25, -0.2) is 4.39 Å². The molecule has 3 aromatic rings. The van der Waals surface area contributed by atoms with Crippen molar-refractivity contribution < 1.29 is 18.9 Å². The molecule has 25 heavy (non-hydrogen) atoms. The average molecular weight is 362 g/mol. The molecule has 0 aliphatic rings. The summed E-state index contributed by atoms with van der Waals surface area (Å²) < 4.78 is 18.0. The van der Waals surface area contributed by atoms with Crippen LogP contribution in [0.2, 0.25) is 0 Å². The Morgan fingerprint density at radius 3 is 2.68 bits per heavy atom. The summed E-state index contributed by atoms with van der Waals surface area (Å²) in [4.78, 5) is 14.2. The zero-order valence-corrected chi connectivity index (χ0v) is 13.1. The van der Waals surface area contributed by atoms with Gasteiger partial charge in [0.15, 0.2) is 5.75 Å². The molecule has 2 aromatic carbocycles. The van der Waals surface area contributed by atoms with Crippen LogP contribution in [0.1, 0.15) is 11.5 Å². The molecule has 0 saturated heterocycles. The van der Waals surface area contributed by atoms with Gasteiger partial charge in [-0.3, -0.25) is 10.1 Å². The predicted molar refractivity (Wildman–Crippen MR) is 88.2 cm³/mol. The average Bonchev–Trinajstić information content (AvgIpc) is 3.07. The Labute approximate surface area is 145 Å². The lowest BCUT2D eigenvalue weighted by Gasteiger charge is -1.98. The SMILES string of the molecule is O=[N+]([O-])c1cc(/C=C(\Cl)c2nc(-c3ccc(F)cc3)no2)ccc1O. The number of aromatic nitrogens is 2. The van der Waals surface area contributed by atoms with Crippen LogP contribution >= 0.6 is 11.6 Å². The monoisotopic (exact) mass is 361 g/mol. The van der Waals surface area contributed by atoms with Crippen LogP contribution in [0.15, 0.2) is 47.0 Å². The van der Waals surface area contributed by atoms with E-state index in [0.717, 1.165) is 6.07 Å². The van der Waals surface area contributed by atoms with E-state index in [0.29, 0.717) is 11.1 Å². The Kier molecular flexibility index (Phi) is 4.44. The van der Waals surface area contributed by atoms with Crippen molar-refractivity contribution >= 4 is 28.4 Å². The van der Waals surface area contributed by atoms with Crippen LogP contribution in [0.25, 0.3) is 22.5 Å². The summed E-state index contributed by atoms with van der Waals surface area (Å²) in [6, 6.07) is 9.30. The van der Waals surface area contributed by atoms with E-state index in [1.165, 1.54) is 42.5 Å². The molecule has 0 saturated carbocycles. The molecule has 3 rings (SSSR count). The van der Waals surface area contributed by atoms with Gasteiger partial charge in [0.2, 0.25) is 5.82 Å². The molecule has 0 bridgehead atoms. The van der Waals surface area contributed by atoms with Crippen LogP contribution in [0.3, 0.4) is 0 Å². The van der Waals surface area contributed by atoms with E-state index in [-0.39, 0.29) is 22.6 Å². The van der Waals surface area contributed by atoms with E-state index >= 15 is 0 Å². The van der Waals surface area contributed by atoms with Gasteiger partial charge in [0, 0.05) is 11.6 Å². The first-order valence-corrected chi connectivity index (χ1v) is 7.26. The number of rotatable bonds is 4. The molecule has 0 spiro atoms. The molecule has 1 heterocycles. The van der Waals surface area contributed by atoms with Gasteiger partial charge < -0.3 is 9.63 Å². The first-order chi connectivity index (χ1) is 11.9. The quantitative estimate of drug-likeness (QED) is 0.551. The van der Waals surface area contributed by atoms with E-state index < -0.39 is 16.4 Å². The summed E-state index contributed by atoms with van der Waals surface area (Å²) >= 11 is 6.11. The third kappa shape index (κ3) is 3.64. The summed E-state index contributed by atoms with van der Waals surface area (Å²) in [6.45, 7) is 0. The second-order valence-corrected chi connectivity index (χ2v) is 5.33. The maximum atomic E-state index is 12.9. The maximum Gasteiger partial charge on any atom is 0.311 e. The second-order valence-electron chi connectivity index (χ2n) is 4.93. The highest BCUT2D eigenvalue weighted by Crippen LogP contribution is 2.29. The first kappa shape index (κ1) is 16.6. The fourth-order valence-corrected chi connectivity index (χ4v) is 2.22. The molecule has 0 atom stereocenters. The van der Waals surface area contributed by atoms with Gasteiger partial charge in [0.05, 0.1) is 4.92 Å². The summed E-state index contributed by atoms with van der Waals surface area (Å²) in [6.07, 6.45) is 1.38. The predicted octanol–water partition coefficient (Wildman–Crippen LogP) is 4.23. The van der Waals surface area contributed by atoms with E-state index in [2.05, 4.69) is 10.1 Å². The first-order valence-electron chi connectivity index (χ1n) is 6.88. The number of nitro benzene ring substituents is 1. The van der Waals surface area contributed by atoms with Gasteiger partial charge in [-0.1, -0.05) is 22.8 Å². The highest BCUT2D eigenvalue weighted by molar-refractivity contribution is 6.50. The van der Waals surface area contributed by atoms with Crippen molar-refractivity contribution in [3.8, 4) is 17.1 Å². The van der Waals surface area contributed by atoms with Crippen LogP contribution < -0.4 is 0 Å². The maximum absolute atomic E-state index is 12.9. The fraction of sp³-hybridized carbons (Fsp3) is 0. The van der Waals surface area contributed by atoms with E-state index in [1.807, 2.05) is 0 Å². The van der Waals surface area contributed by atoms with Gasteiger partial charge in [0.25, 0.3) is 5.89 Å². The number of nitro groups is 1. The Bertz CT molecular complexity index is 970. The molecule has 9 heteroatoms. The smallest absolute Gasteiger partial charge is 0.311 e. The van der Waals surface area contributed by atoms with Gasteiger partial charge >= 0.3 is 5.69 Å². The molecular formula is C16H9ClFN3O4. The zero-order chi connectivity index (χ0) is 18.0. The molecule has 0 radical (unpaired) electrons. The Hall–Kier alpha value is -3.26. The lowest BCUT2D eigenvalue weighted by atomic mass is 10.1. The molecule has 1 aromatic heterocycles. The molecule has 0 unspecified atom stereocenters. The van der Waals surface area contributed by atoms with Crippen molar-refractivity contribution in [3.63, 3.8) is 0 Å². The van der Waals surface area contributed by atoms with Crippen molar-refractivity contribution in [2.24, 2.45) is 0 Å². The zero-order valence-electron chi connectivity index (χ0n) is 12.4. The van der Waals surface area contributed by atoms with Crippen molar-refractivity contribution in [3.05, 3.63) is 69.9 Å². The van der Waals surface area contributed by atoms with Crippen LogP contribution in [-0.4, -0.2) is 20.2 Å². The molecule has 0 aliphatic carbocycles. The summed E-state index contributed by atoms with van der Waals surface area (Å²) in [5.41, 5.74) is 0.466. The van der Waals surface area contributed by atoms with Crippen LogP contribution in [0.5, 0.6) is 5.75 Å². The molecule has 0 amide bonds. The minimum Gasteiger partial charge on any atom is -0.502 e. The van der Waals surface area contributed by atoms with Crippen LogP contribution in [-0.2, 0) is 0 Å². The molecule has 1 N–H and O–H groups in total. The normalized spacial score (nSPS) is 11.5. The summed E-state index contributed by atoms with van der Waals surface area (Å²) in [5, 5.41) is 24.1. The van der Waals surface area contributed by atoms with E-state index in [9.17, 15) is 19.6 Å². The van der Waals surface area contributed by atoms with E-state index in [1.54, 1.807) is 0 Å². The largest absolute Gasteiger partial charge is 0.502 e. The third-order valence-electron chi connectivity index (χ3n) is 3.22. The van der Waals surface area contributed by atoms with Crippen LogP contribution in [0.4, 0.5) is 10.1 Å². The van der Waals surface area contributed by atoms with Gasteiger partial charge in [-0.05, 0) is 42.0 Å². The number of aromatic hydroxyl groups is 1. The number of nitrogens with zero attached hydrogens (tertiary/aromatic N) is 3. The lowest BCUT2D eigenvalue weighted by molar-refractivity contribution is -0.385. The van der Waals surface area contributed by atoms with Crippen molar-refractivity contribution in [1.82, 2.24) is 10.1 Å². The van der Waals surface area contributed by atoms with Crippen molar-refractivity contribution in [1.29, 1.82) is 0 Å². The highest BCUT2D eigenvalue weighted by atomic mass is 35.5. The third-order valence-corrected chi connectivity index (χ3v) is 3.49. The lowest BCUT2D eigenvalue weighted by Crippen LogP contribution is -1.89. The number of hydrogen-bond donors (Lipinski definition) is 1. The summed E-state index contributed by atoms with van der Waals surface area (Å²) in [5.74, 6) is -0.621. The van der Waals surface area contributed by atoms with Gasteiger partial charge in [-0.15, -0.1) is 0 Å². The molecule has 0 fully saturated rings. The van der Waals surface area contributed by atoms with Crippen molar-refractivity contribution in [2.45, 2.75) is 0 Å². The number of halogens is 2. The molecule has 126 valence electrons. The van der Waals surface area contributed by atoms with E-state index in [4.69, 9.17) is 16.1 Å². The van der Waals surface area contributed by atoms with Crippen LogP contribution in [0, 0.1) is 15.9 Å². The molecule has 7 nitrogen and oxygen atoms in total. The topological polar surface area (TPSA) is 102 Å². The Morgan fingerprint density at radius 1 is 1.28 bits per heavy atom. The summed E-state index contributed by atoms with van der Waals surface area (Å²) in [7, 11) is 0. The highest BCUT2D eigenvalue weighted by Gasteiger charge is 2.15. The van der Waals surface area contributed by atoms with Gasteiger partial charge in [0.1, 0.15) is 10.8 Å². The minimum absolute atomic E-state index is 0.00304. The molecule has 0 aliphatic heterocycles. The second kappa shape index (κ2) is 6.70. The number of phenolic OH excluding ortho intramolecular Hbond substituents is 1. The number of hydrogen-bond acceptors (Lipinski definition) is 6. The number of phenols is 1. The van der Waals surface area contributed by atoms with Crippen molar-refractivity contribution in [2.75, 3.05) is 0 Å². The Balaban J connectivity index is 1.90. The number of benzene rings is 2.